The SMILES string of the molecule is CCc1cccc(-c2c(Cl)cccc2C(O)(CCCNC(=O)OC)C2CCCN(C(=O)C3CCC(CNC)CC3)C2)c1. The van der Waals surface area contributed by atoms with Crippen molar-refractivity contribution in [1.82, 2.24) is 15.5 Å². The van der Waals surface area contributed by atoms with Gasteiger partial charge in [0.15, 0.2) is 0 Å². The highest BCUT2D eigenvalue weighted by atomic mass is 35.5. The van der Waals surface area contributed by atoms with E-state index in [-0.39, 0.29) is 17.7 Å². The van der Waals surface area contributed by atoms with Crippen LogP contribution in [0.3, 0.4) is 0 Å². The number of aliphatic hydroxyl groups is 1. The summed E-state index contributed by atoms with van der Waals surface area (Å²) >= 11 is 6.89. The molecule has 2 aromatic carbocycles. The molecule has 4 rings (SSSR count). The molecule has 42 heavy (non-hydrogen) atoms. The lowest BCUT2D eigenvalue weighted by Gasteiger charge is -2.44. The Labute approximate surface area is 256 Å². The molecule has 0 spiro atoms. The number of rotatable bonds is 11. The molecule has 2 aliphatic rings. The molecule has 1 aliphatic carbocycles. The van der Waals surface area contributed by atoms with Gasteiger partial charge in [0.2, 0.25) is 5.91 Å². The predicted octanol–water partition coefficient (Wildman–Crippen LogP) is 6.16. The Hall–Kier alpha value is -2.61. The predicted molar refractivity (Wildman–Crippen MR) is 168 cm³/mol. The average molecular weight is 598 g/mol. The van der Waals surface area contributed by atoms with Crippen molar-refractivity contribution >= 4 is 23.6 Å². The topological polar surface area (TPSA) is 90.9 Å². The summed E-state index contributed by atoms with van der Waals surface area (Å²) in [6.07, 6.45) is 7.04. The largest absolute Gasteiger partial charge is 0.453 e. The zero-order valence-corrected chi connectivity index (χ0v) is 26.2. The van der Waals surface area contributed by atoms with E-state index in [1.807, 2.05) is 42.3 Å². The van der Waals surface area contributed by atoms with E-state index in [4.69, 9.17) is 16.3 Å². The monoisotopic (exact) mass is 597 g/mol. The van der Waals surface area contributed by atoms with E-state index in [1.165, 1.54) is 12.7 Å². The number of amides is 2. The van der Waals surface area contributed by atoms with Gasteiger partial charge in [-0.15, -0.1) is 0 Å². The number of benzene rings is 2. The first-order valence-electron chi connectivity index (χ1n) is 15.7. The summed E-state index contributed by atoms with van der Waals surface area (Å²) < 4.78 is 4.74. The second-order valence-electron chi connectivity index (χ2n) is 12.1. The number of halogens is 1. The second kappa shape index (κ2) is 15.2. The van der Waals surface area contributed by atoms with E-state index in [0.29, 0.717) is 36.9 Å². The molecule has 230 valence electrons. The van der Waals surface area contributed by atoms with Crippen molar-refractivity contribution in [3.63, 3.8) is 0 Å². The fraction of sp³-hybridized carbons (Fsp3) is 0.588. The summed E-state index contributed by atoms with van der Waals surface area (Å²) in [6, 6.07) is 14.1. The maximum absolute atomic E-state index is 13.8. The minimum Gasteiger partial charge on any atom is -0.453 e. The molecule has 0 bridgehead atoms. The maximum atomic E-state index is 13.8. The van der Waals surface area contributed by atoms with E-state index in [1.54, 1.807) is 0 Å². The van der Waals surface area contributed by atoms with Gasteiger partial charge in [-0.1, -0.05) is 54.9 Å². The molecule has 0 radical (unpaired) electrons. The van der Waals surface area contributed by atoms with Crippen LogP contribution in [0.2, 0.25) is 5.02 Å². The number of carbonyl (C=O) groups excluding carboxylic acids is 2. The first-order chi connectivity index (χ1) is 20.3. The average Bonchev–Trinajstić information content (AvgIpc) is 3.03. The van der Waals surface area contributed by atoms with Gasteiger partial charge >= 0.3 is 6.09 Å². The Kier molecular flexibility index (Phi) is 11.7. The minimum absolute atomic E-state index is 0.0627. The van der Waals surface area contributed by atoms with Gasteiger partial charge in [0.1, 0.15) is 0 Å². The van der Waals surface area contributed by atoms with Crippen LogP contribution in [-0.4, -0.2) is 62.3 Å². The lowest BCUT2D eigenvalue weighted by Crippen LogP contribution is -2.50. The Morgan fingerprint density at radius 1 is 1.12 bits per heavy atom. The summed E-state index contributed by atoms with van der Waals surface area (Å²) in [6.45, 7) is 4.75. The minimum atomic E-state index is -1.25. The summed E-state index contributed by atoms with van der Waals surface area (Å²) in [5, 5.41) is 19.4. The number of nitrogens with zero attached hydrogens (tertiary/aromatic N) is 1. The summed E-state index contributed by atoms with van der Waals surface area (Å²) in [4.78, 5) is 27.5. The van der Waals surface area contributed by atoms with Gasteiger partial charge in [-0.3, -0.25) is 4.79 Å². The number of alkyl carbamates (subject to hydrolysis) is 1. The molecule has 2 amide bonds. The fourth-order valence-corrected chi connectivity index (χ4v) is 7.32. The molecule has 2 unspecified atom stereocenters. The third-order valence-electron chi connectivity index (χ3n) is 9.39. The molecule has 8 heteroatoms. The Balaban J connectivity index is 1.63. The highest BCUT2D eigenvalue weighted by Crippen LogP contribution is 2.46. The molecule has 1 aliphatic heterocycles. The standard InChI is InChI=1S/C34H48ClN3O4/c1-4-24-9-5-10-27(21-24)31-29(12-6-13-30(31)35)34(41,18-8-19-37-33(40)42-3)28-11-7-20-38(23-28)32(39)26-16-14-25(15-17-26)22-36-2/h5-6,9-10,12-13,21,25-26,28,36,41H,4,7-8,11,14-20,22-23H2,1-3H3,(H,37,40). The second-order valence-corrected chi connectivity index (χ2v) is 12.5. The summed E-state index contributed by atoms with van der Waals surface area (Å²) in [5.41, 5.74) is 2.55. The maximum Gasteiger partial charge on any atom is 0.406 e. The number of ether oxygens (including phenoxy) is 1. The molecule has 2 fully saturated rings. The van der Waals surface area contributed by atoms with Gasteiger partial charge in [-0.05, 0) is 100 Å². The molecule has 1 heterocycles. The van der Waals surface area contributed by atoms with Gasteiger partial charge in [0, 0.05) is 42.1 Å². The third kappa shape index (κ3) is 7.66. The molecule has 7 nitrogen and oxygen atoms in total. The van der Waals surface area contributed by atoms with Crippen LogP contribution in [-0.2, 0) is 21.6 Å². The van der Waals surface area contributed by atoms with Crippen molar-refractivity contribution in [3.8, 4) is 11.1 Å². The molecule has 2 aromatic rings. The van der Waals surface area contributed by atoms with Gasteiger partial charge in [0.05, 0.1) is 12.7 Å². The highest BCUT2D eigenvalue weighted by molar-refractivity contribution is 6.33. The van der Waals surface area contributed by atoms with Crippen LogP contribution >= 0.6 is 11.6 Å². The lowest BCUT2D eigenvalue weighted by atomic mass is 9.71. The van der Waals surface area contributed by atoms with Crippen LogP contribution in [0.4, 0.5) is 4.79 Å². The molecular weight excluding hydrogens is 550 g/mol. The third-order valence-corrected chi connectivity index (χ3v) is 9.71. The number of piperidine rings is 1. The van der Waals surface area contributed by atoms with Crippen molar-refractivity contribution in [1.29, 1.82) is 0 Å². The highest BCUT2D eigenvalue weighted by Gasteiger charge is 2.43. The molecule has 1 saturated heterocycles. The Bertz CT molecular complexity index is 1200. The van der Waals surface area contributed by atoms with Gasteiger partial charge in [0.25, 0.3) is 0 Å². The number of carbonyl (C=O) groups is 2. The first-order valence-corrected chi connectivity index (χ1v) is 16.0. The number of likely N-dealkylation sites (tertiary alicyclic amines) is 1. The number of hydrogen-bond donors (Lipinski definition) is 3. The van der Waals surface area contributed by atoms with Gasteiger partial charge in [-0.25, -0.2) is 4.79 Å². The van der Waals surface area contributed by atoms with E-state index < -0.39 is 11.7 Å². The fourth-order valence-electron chi connectivity index (χ4n) is 7.03. The Morgan fingerprint density at radius 3 is 2.60 bits per heavy atom. The molecule has 2 atom stereocenters. The Morgan fingerprint density at radius 2 is 1.88 bits per heavy atom. The van der Waals surface area contributed by atoms with Gasteiger partial charge < -0.3 is 25.4 Å². The van der Waals surface area contributed by atoms with E-state index >= 15 is 0 Å². The van der Waals surface area contributed by atoms with Crippen molar-refractivity contribution in [3.05, 3.63) is 58.6 Å². The number of methoxy groups -OCH3 is 1. The summed E-state index contributed by atoms with van der Waals surface area (Å²) in [7, 11) is 3.33. The smallest absolute Gasteiger partial charge is 0.406 e. The normalized spacial score (nSPS) is 22.3. The van der Waals surface area contributed by atoms with E-state index in [2.05, 4.69) is 29.7 Å². The van der Waals surface area contributed by atoms with Crippen molar-refractivity contribution in [2.75, 3.05) is 40.3 Å². The summed E-state index contributed by atoms with van der Waals surface area (Å²) in [5.74, 6) is 0.775. The number of nitrogens with one attached hydrogen (secondary N) is 2. The van der Waals surface area contributed by atoms with Crippen LogP contribution in [0.25, 0.3) is 11.1 Å². The van der Waals surface area contributed by atoms with Crippen LogP contribution in [0.5, 0.6) is 0 Å². The van der Waals surface area contributed by atoms with Crippen LogP contribution in [0, 0.1) is 17.8 Å². The molecule has 1 saturated carbocycles. The molecular formula is C34H48ClN3O4. The van der Waals surface area contributed by atoms with E-state index in [0.717, 1.165) is 74.7 Å². The molecule has 3 N–H and O–H groups in total. The van der Waals surface area contributed by atoms with E-state index in [9.17, 15) is 14.7 Å². The van der Waals surface area contributed by atoms with Crippen molar-refractivity contribution in [2.24, 2.45) is 17.8 Å². The first kappa shape index (κ1) is 32.3. The number of aryl methyl sites for hydroxylation is 1. The zero-order valence-electron chi connectivity index (χ0n) is 25.5. The van der Waals surface area contributed by atoms with Crippen LogP contribution < -0.4 is 10.6 Å². The van der Waals surface area contributed by atoms with Gasteiger partial charge in [-0.2, -0.15) is 0 Å². The van der Waals surface area contributed by atoms with Crippen molar-refractivity contribution in [2.45, 2.75) is 70.3 Å². The van der Waals surface area contributed by atoms with Crippen LogP contribution in [0.1, 0.15) is 69.4 Å². The van der Waals surface area contributed by atoms with Crippen molar-refractivity contribution < 1.29 is 19.4 Å². The number of hydrogen-bond acceptors (Lipinski definition) is 5. The van der Waals surface area contributed by atoms with Crippen LogP contribution in [0.15, 0.2) is 42.5 Å². The lowest BCUT2D eigenvalue weighted by molar-refractivity contribution is -0.142. The quantitative estimate of drug-likeness (QED) is 0.270. The molecule has 0 aromatic heterocycles. The zero-order chi connectivity index (χ0) is 30.1.